The van der Waals surface area contributed by atoms with Crippen LogP contribution in [0.3, 0.4) is 0 Å². The average molecular weight is 291 g/mol. The third kappa shape index (κ3) is 4.04. The van der Waals surface area contributed by atoms with Gasteiger partial charge >= 0.3 is 0 Å². The molecule has 0 radical (unpaired) electrons. The molecule has 1 unspecified atom stereocenters. The summed E-state index contributed by atoms with van der Waals surface area (Å²) in [7, 11) is 3.37. The van der Waals surface area contributed by atoms with Crippen LogP contribution in [0, 0.1) is 5.41 Å². The second-order valence-electron chi connectivity index (χ2n) is 5.56. The van der Waals surface area contributed by atoms with Crippen molar-refractivity contribution in [3.8, 4) is 0 Å². The van der Waals surface area contributed by atoms with Crippen molar-refractivity contribution in [3.63, 3.8) is 0 Å². The smallest absolute Gasteiger partial charge is 0.251 e. The van der Waals surface area contributed by atoms with Crippen LogP contribution in [0.5, 0.6) is 0 Å². The molecule has 1 aromatic rings. The van der Waals surface area contributed by atoms with Gasteiger partial charge in [-0.2, -0.15) is 0 Å². The van der Waals surface area contributed by atoms with Crippen LogP contribution < -0.4 is 11.1 Å². The van der Waals surface area contributed by atoms with E-state index in [1.165, 1.54) is 0 Å². The van der Waals surface area contributed by atoms with E-state index in [0.717, 1.165) is 5.56 Å². The standard InChI is InChI=1S/C16H25N3O2/c1-5-16(2,11-17)15(21)19(4)10-12-6-8-13(9-7-12)14(20)18-3/h6-9H,5,10-11,17H2,1-4H3,(H,18,20). The van der Waals surface area contributed by atoms with Gasteiger partial charge in [0.05, 0.1) is 5.41 Å². The van der Waals surface area contributed by atoms with Crippen molar-refractivity contribution < 1.29 is 9.59 Å². The van der Waals surface area contributed by atoms with Gasteiger partial charge in [0.1, 0.15) is 0 Å². The first-order chi connectivity index (χ1) is 9.87. The summed E-state index contributed by atoms with van der Waals surface area (Å²) in [5.41, 5.74) is 6.80. The van der Waals surface area contributed by atoms with E-state index < -0.39 is 5.41 Å². The van der Waals surface area contributed by atoms with Gasteiger partial charge in [-0.25, -0.2) is 0 Å². The largest absolute Gasteiger partial charge is 0.355 e. The van der Waals surface area contributed by atoms with Gasteiger partial charge < -0.3 is 16.0 Å². The highest BCUT2D eigenvalue weighted by molar-refractivity contribution is 5.93. The number of amides is 2. The molecule has 0 aliphatic carbocycles. The maximum Gasteiger partial charge on any atom is 0.251 e. The molecule has 0 aliphatic heterocycles. The molecule has 5 heteroatoms. The highest BCUT2D eigenvalue weighted by Gasteiger charge is 2.32. The predicted molar refractivity (Wildman–Crippen MR) is 83.8 cm³/mol. The average Bonchev–Trinajstić information content (AvgIpc) is 2.53. The number of nitrogens with one attached hydrogen (secondary N) is 1. The summed E-state index contributed by atoms with van der Waals surface area (Å²) in [4.78, 5) is 25.6. The van der Waals surface area contributed by atoms with Crippen molar-refractivity contribution in [2.75, 3.05) is 20.6 Å². The molecule has 0 heterocycles. The lowest BCUT2D eigenvalue weighted by Gasteiger charge is -2.30. The van der Waals surface area contributed by atoms with E-state index in [4.69, 9.17) is 5.73 Å². The number of nitrogens with two attached hydrogens (primary N) is 1. The van der Waals surface area contributed by atoms with E-state index >= 15 is 0 Å². The molecule has 0 aliphatic rings. The number of carbonyl (C=O) groups excluding carboxylic acids is 2. The summed E-state index contributed by atoms with van der Waals surface area (Å²) >= 11 is 0. The zero-order chi connectivity index (χ0) is 16.0. The minimum atomic E-state index is -0.517. The Labute approximate surface area is 126 Å². The molecule has 1 atom stereocenters. The predicted octanol–water partition coefficient (Wildman–Crippen LogP) is 1.38. The number of hydrogen-bond donors (Lipinski definition) is 2. The quantitative estimate of drug-likeness (QED) is 0.831. The van der Waals surface area contributed by atoms with Crippen LogP contribution in [0.1, 0.15) is 36.2 Å². The van der Waals surface area contributed by atoms with Crippen LogP contribution in [-0.4, -0.2) is 37.4 Å². The maximum atomic E-state index is 12.4. The molecular formula is C16H25N3O2. The molecule has 0 saturated carbocycles. The molecule has 0 fully saturated rings. The van der Waals surface area contributed by atoms with Crippen molar-refractivity contribution in [1.29, 1.82) is 0 Å². The Morgan fingerprint density at radius 1 is 1.29 bits per heavy atom. The van der Waals surface area contributed by atoms with E-state index in [1.54, 1.807) is 31.1 Å². The number of nitrogens with zero attached hydrogens (tertiary/aromatic N) is 1. The minimum Gasteiger partial charge on any atom is -0.355 e. The van der Waals surface area contributed by atoms with Gasteiger partial charge in [-0.15, -0.1) is 0 Å². The van der Waals surface area contributed by atoms with Gasteiger partial charge in [-0.1, -0.05) is 19.1 Å². The summed E-state index contributed by atoms with van der Waals surface area (Å²) in [6.45, 7) is 4.70. The minimum absolute atomic E-state index is 0.0443. The summed E-state index contributed by atoms with van der Waals surface area (Å²) in [6, 6.07) is 7.24. The Morgan fingerprint density at radius 2 is 1.86 bits per heavy atom. The normalized spacial score (nSPS) is 13.4. The maximum absolute atomic E-state index is 12.4. The Kier molecular flexibility index (Phi) is 5.90. The Bertz CT molecular complexity index is 493. The van der Waals surface area contributed by atoms with Crippen molar-refractivity contribution in [2.45, 2.75) is 26.8 Å². The van der Waals surface area contributed by atoms with Gasteiger partial charge in [0.2, 0.25) is 5.91 Å². The topological polar surface area (TPSA) is 75.4 Å². The fourth-order valence-electron chi connectivity index (χ4n) is 2.10. The van der Waals surface area contributed by atoms with E-state index in [0.29, 0.717) is 25.1 Å². The summed E-state index contributed by atoms with van der Waals surface area (Å²) in [5, 5.41) is 2.58. The fourth-order valence-corrected chi connectivity index (χ4v) is 2.10. The molecule has 3 N–H and O–H groups in total. The zero-order valence-corrected chi connectivity index (χ0v) is 13.3. The third-order valence-electron chi connectivity index (χ3n) is 3.96. The van der Waals surface area contributed by atoms with E-state index in [9.17, 15) is 9.59 Å². The molecule has 2 amide bonds. The second-order valence-corrected chi connectivity index (χ2v) is 5.56. The van der Waals surface area contributed by atoms with Crippen LogP contribution in [0.2, 0.25) is 0 Å². The molecule has 21 heavy (non-hydrogen) atoms. The number of carbonyl (C=O) groups is 2. The monoisotopic (exact) mass is 291 g/mol. The highest BCUT2D eigenvalue weighted by Crippen LogP contribution is 2.23. The number of benzene rings is 1. The summed E-state index contributed by atoms with van der Waals surface area (Å²) in [6.07, 6.45) is 0.711. The molecule has 0 bridgehead atoms. The molecule has 0 aromatic heterocycles. The molecular weight excluding hydrogens is 266 g/mol. The number of hydrogen-bond acceptors (Lipinski definition) is 3. The van der Waals surface area contributed by atoms with Gasteiger partial charge in [0.15, 0.2) is 0 Å². The lowest BCUT2D eigenvalue weighted by molar-refractivity contribution is -0.140. The van der Waals surface area contributed by atoms with Crippen molar-refractivity contribution in [3.05, 3.63) is 35.4 Å². The lowest BCUT2D eigenvalue weighted by Crippen LogP contribution is -2.44. The Balaban J connectivity index is 2.77. The van der Waals surface area contributed by atoms with Crippen LogP contribution >= 0.6 is 0 Å². The van der Waals surface area contributed by atoms with E-state index in [2.05, 4.69) is 5.32 Å². The van der Waals surface area contributed by atoms with Crippen LogP contribution in [0.4, 0.5) is 0 Å². The molecule has 0 spiro atoms. The number of rotatable bonds is 6. The molecule has 116 valence electrons. The van der Waals surface area contributed by atoms with Crippen LogP contribution in [0.15, 0.2) is 24.3 Å². The SMILES string of the molecule is CCC(C)(CN)C(=O)N(C)Cc1ccc(C(=O)NC)cc1. The van der Waals surface area contributed by atoms with Gasteiger partial charge in [-0.3, -0.25) is 9.59 Å². The molecule has 1 aromatic carbocycles. The summed E-state index contributed by atoms with van der Waals surface area (Å²) < 4.78 is 0. The van der Waals surface area contributed by atoms with Crippen molar-refractivity contribution >= 4 is 11.8 Å². The van der Waals surface area contributed by atoms with Crippen LogP contribution in [0.25, 0.3) is 0 Å². The van der Waals surface area contributed by atoms with Gasteiger partial charge in [-0.05, 0) is 31.0 Å². The fraction of sp³-hybridized carbons (Fsp3) is 0.500. The van der Waals surface area contributed by atoms with Gasteiger partial charge in [0.25, 0.3) is 5.91 Å². The van der Waals surface area contributed by atoms with Crippen molar-refractivity contribution in [1.82, 2.24) is 10.2 Å². The highest BCUT2D eigenvalue weighted by atomic mass is 16.2. The Hall–Kier alpha value is -1.88. The van der Waals surface area contributed by atoms with Gasteiger partial charge in [0, 0.05) is 32.7 Å². The van der Waals surface area contributed by atoms with Crippen LogP contribution in [-0.2, 0) is 11.3 Å². The van der Waals surface area contributed by atoms with E-state index in [-0.39, 0.29) is 11.8 Å². The summed E-state index contributed by atoms with van der Waals surface area (Å²) in [5.74, 6) is -0.0736. The molecule has 1 rings (SSSR count). The van der Waals surface area contributed by atoms with Crippen molar-refractivity contribution in [2.24, 2.45) is 11.1 Å². The molecule has 5 nitrogen and oxygen atoms in total. The third-order valence-corrected chi connectivity index (χ3v) is 3.96. The first-order valence-electron chi connectivity index (χ1n) is 7.14. The first kappa shape index (κ1) is 17.2. The first-order valence-corrected chi connectivity index (χ1v) is 7.14. The lowest BCUT2D eigenvalue weighted by atomic mass is 9.86. The molecule has 0 saturated heterocycles. The van der Waals surface area contributed by atoms with E-state index in [1.807, 2.05) is 26.0 Å². The Morgan fingerprint density at radius 3 is 2.29 bits per heavy atom. The zero-order valence-electron chi connectivity index (χ0n) is 13.3. The second kappa shape index (κ2) is 7.22.